The lowest BCUT2D eigenvalue weighted by molar-refractivity contribution is 0.112. The van der Waals surface area contributed by atoms with Crippen molar-refractivity contribution in [2.24, 2.45) is 0 Å². The minimum Gasteiger partial charge on any atom is -0.314 e. The maximum absolute atomic E-state index is 11.1. The molecule has 0 fully saturated rings. The SMILES string of the molecule is Cc1cc(C=O)c(C)n1-c1c(Cl)ccc2nsnc12. The van der Waals surface area contributed by atoms with Gasteiger partial charge in [-0.25, -0.2) is 0 Å². The lowest BCUT2D eigenvalue weighted by atomic mass is 10.2. The van der Waals surface area contributed by atoms with Crippen molar-refractivity contribution in [3.05, 3.63) is 40.2 Å². The predicted molar refractivity (Wildman–Crippen MR) is 76.6 cm³/mol. The van der Waals surface area contributed by atoms with Crippen molar-refractivity contribution in [3.63, 3.8) is 0 Å². The van der Waals surface area contributed by atoms with Crippen LogP contribution >= 0.6 is 23.3 Å². The molecule has 0 aliphatic heterocycles. The summed E-state index contributed by atoms with van der Waals surface area (Å²) in [6.07, 6.45) is 0.853. The van der Waals surface area contributed by atoms with E-state index in [4.69, 9.17) is 11.6 Å². The number of aromatic nitrogens is 3. The van der Waals surface area contributed by atoms with Crippen LogP contribution in [-0.4, -0.2) is 19.6 Å². The van der Waals surface area contributed by atoms with Gasteiger partial charge in [-0.2, -0.15) is 8.75 Å². The van der Waals surface area contributed by atoms with Gasteiger partial charge in [0.15, 0.2) is 6.29 Å². The molecule has 0 aliphatic carbocycles. The average Bonchev–Trinajstić information content (AvgIpc) is 2.96. The van der Waals surface area contributed by atoms with Gasteiger partial charge in [0.25, 0.3) is 0 Å². The van der Waals surface area contributed by atoms with E-state index in [1.54, 1.807) is 6.07 Å². The molecule has 0 atom stereocenters. The van der Waals surface area contributed by atoms with Gasteiger partial charge in [-0.05, 0) is 32.0 Å². The minimum absolute atomic E-state index is 0.597. The molecule has 0 N–H and O–H groups in total. The highest BCUT2D eigenvalue weighted by atomic mass is 35.5. The molecule has 0 saturated heterocycles. The third-order valence-corrected chi connectivity index (χ3v) is 4.02. The Morgan fingerprint density at radius 3 is 2.79 bits per heavy atom. The first-order valence-electron chi connectivity index (χ1n) is 5.68. The fraction of sp³-hybridized carbons (Fsp3) is 0.154. The van der Waals surface area contributed by atoms with Crippen LogP contribution in [0, 0.1) is 13.8 Å². The molecule has 0 aliphatic rings. The maximum atomic E-state index is 11.1. The third-order valence-electron chi connectivity index (χ3n) is 3.17. The summed E-state index contributed by atoms with van der Waals surface area (Å²) in [5.74, 6) is 0. The molecule has 0 saturated carbocycles. The molecule has 2 heterocycles. The first-order valence-corrected chi connectivity index (χ1v) is 6.79. The van der Waals surface area contributed by atoms with Crippen molar-refractivity contribution < 1.29 is 4.79 Å². The van der Waals surface area contributed by atoms with Crippen LogP contribution in [0.4, 0.5) is 0 Å². The van der Waals surface area contributed by atoms with E-state index >= 15 is 0 Å². The van der Waals surface area contributed by atoms with Crippen molar-refractivity contribution >= 4 is 40.6 Å². The highest BCUT2D eigenvalue weighted by Gasteiger charge is 2.17. The zero-order valence-corrected chi connectivity index (χ0v) is 11.9. The number of halogens is 1. The van der Waals surface area contributed by atoms with Crippen LogP contribution in [0.3, 0.4) is 0 Å². The number of hydrogen-bond donors (Lipinski definition) is 0. The summed E-state index contributed by atoms with van der Waals surface area (Å²) in [6.45, 7) is 3.83. The zero-order valence-electron chi connectivity index (χ0n) is 10.3. The van der Waals surface area contributed by atoms with Crippen LogP contribution in [0.5, 0.6) is 0 Å². The lowest BCUT2D eigenvalue weighted by Crippen LogP contribution is -2.01. The average molecular weight is 292 g/mol. The molecule has 0 spiro atoms. The topological polar surface area (TPSA) is 47.8 Å². The van der Waals surface area contributed by atoms with E-state index in [0.29, 0.717) is 10.6 Å². The molecule has 0 unspecified atom stereocenters. The van der Waals surface area contributed by atoms with Crippen LogP contribution in [0.1, 0.15) is 21.7 Å². The third kappa shape index (κ3) is 1.77. The second kappa shape index (κ2) is 4.43. The van der Waals surface area contributed by atoms with E-state index in [9.17, 15) is 4.79 Å². The summed E-state index contributed by atoms with van der Waals surface area (Å²) < 4.78 is 10.5. The Morgan fingerprint density at radius 1 is 1.32 bits per heavy atom. The first-order chi connectivity index (χ1) is 9.13. The number of benzene rings is 1. The van der Waals surface area contributed by atoms with E-state index in [1.165, 1.54) is 0 Å². The Kier molecular flexibility index (Phi) is 2.88. The highest BCUT2D eigenvalue weighted by Crippen LogP contribution is 2.31. The number of carbonyl (C=O) groups excluding carboxylic acids is 1. The van der Waals surface area contributed by atoms with Gasteiger partial charge in [0.1, 0.15) is 11.0 Å². The molecule has 96 valence electrons. The van der Waals surface area contributed by atoms with Gasteiger partial charge in [0, 0.05) is 17.0 Å². The predicted octanol–water partition coefficient (Wildman–Crippen LogP) is 3.56. The molecule has 1 aromatic carbocycles. The Balaban J connectivity index is 2.42. The van der Waals surface area contributed by atoms with Gasteiger partial charge >= 0.3 is 0 Å². The molecular weight excluding hydrogens is 282 g/mol. The van der Waals surface area contributed by atoms with Crippen molar-refractivity contribution in [3.8, 4) is 5.69 Å². The fourth-order valence-corrected chi connectivity index (χ4v) is 3.05. The van der Waals surface area contributed by atoms with Crippen LogP contribution in [0.25, 0.3) is 16.7 Å². The number of nitrogens with zero attached hydrogens (tertiary/aromatic N) is 3. The first kappa shape index (κ1) is 12.3. The largest absolute Gasteiger partial charge is 0.314 e. The van der Waals surface area contributed by atoms with Gasteiger partial charge in [-0.15, -0.1) is 0 Å². The smallest absolute Gasteiger partial charge is 0.151 e. The second-order valence-corrected chi connectivity index (χ2v) is 5.24. The fourth-order valence-electron chi connectivity index (χ4n) is 2.28. The Morgan fingerprint density at radius 2 is 2.11 bits per heavy atom. The summed E-state index contributed by atoms with van der Waals surface area (Å²) in [6, 6.07) is 5.50. The number of aryl methyl sites for hydroxylation is 1. The normalized spacial score (nSPS) is 11.1. The maximum Gasteiger partial charge on any atom is 0.151 e. The summed E-state index contributed by atoms with van der Waals surface area (Å²) in [7, 11) is 0. The van der Waals surface area contributed by atoms with Crippen LogP contribution in [0.2, 0.25) is 5.02 Å². The summed E-state index contributed by atoms with van der Waals surface area (Å²) >= 11 is 7.47. The highest BCUT2D eigenvalue weighted by molar-refractivity contribution is 7.00. The van der Waals surface area contributed by atoms with Crippen molar-refractivity contribution in [2.45, 2.75) is 13.8 Å². The van der Waals surface area contributed by atoms with Crippen LogP contribution in [0.15, 0.2) is 18.2 Å². The second-order valence-electron chi connectivity index (χ2n) is 4.31. The van der Waals surface area contributed by atoms with Crippen LogP contribution < -0.4 is 0 Å². The van der Waals surface area contributed by atoms with Gasteiger partial charge < -0.3 is 4.57 Å². The molecule has 3 rings (SSSR count). The molecule has 19 heavy (non-hydrogen) atoms. The Hall–Kier alpha value is -1.72. The molecule has 3 aromatic rings. The molecule has 4 nitrogen and oxygen atoms in total. The van der Waals surface area contributed by atoms with Gasteiger partial charge in [-0.1, -0.05) is 11.6 Å². The van der Waals surface area contributed by atoms with Crippen molar-refractivity contribution in [1.82, 2.24) is 13.3 Å². The number of hydrogen-bond acceptors (Lipinski definition) is 4. The van der Waals surface area contributed by atoms with Crippen LogP contribution in [-0.2, 0) is 0 Å². The molecular formula is C13H10ClN3OS. The van der Waals surface area contributed by atoms with Gasteiger partial charge in [-0.3, -0.25) is 4.79 Å². The molecule has 0 amide bonds. The van der Waals surface area contributed by atoms with E-state index in [-0.39, 0.29) is 0 Å². The molecule has 2 aromatic heterocycles. The number of aldehydes is 1. The van der Waals surface area contributed by atoms with E-state index in [2.05, 4.69) is 8.75 Å². The lowest BCUT2D eigenvalue weighted by Gasteiger charge is -2.11. The molecule has 6 heteroatoms. The summed E-state index contributed by atoms with van der Waals surface area (Å²) in [5, 5.41) is 0.597. The summed E-state index contributed by atoms with van der Waals surface area (Å²) in [5.41, 5.74) is 4.82. The van der Waals surface area contributed by atoms with Gasteiger partial charge in [0.2, 0.25) is 0 Å². The van der Waals surface area contributed by atoms with Crippen molar-refractivity contribution in [1.29, 1.82) is 0 Å². The minimum atomic E-state index is 0.597. The van der Waals surface area contributed by atoms with E-state index in [0.717, 1.165) is 46.1 Å². The quantitative estimate of drug-likeness (QED) is 0.678. The number of carbonyl (C=O) groups is 1. The van der Waals surface area contributed by atoms with Crippen molar-refractivity contribution in [2.75, 3.05) is 0 Å². The number of rotatable bonds is 2. The molecule has 0 bridgehead atoms. The van der Waals surface area contributed by atoms with E-state index in [1.807, 2.05) is 30.5 Å². The van der Waals surface area contributed by atoms with E-state index < -0.39 is 0 Å². The monoisotopic (exact) mass is 291 g/mol. The summed E-state index contributed by atoms with van der Waals surface area (Å²) in [4.78, 5) is 11.1. The molecule has 0 radical (unpaired) electrons. The Bertz CT molecular complexity index is 791. The standard InChI is InChI=1S/C13H10ClN3OS/c1-7-5-9(6-18)8(2)17(7)13-10(14)3-4-11-12(13)16-19-15-11/h3-6H,1-2H3. The van der Waals surface area contributed by atoms with Gasteiger partial charge in [0.05, 0.1) is 22.4 Å². The zero-order chi connectivity index (χ0) is 13.6. The number of fused-ring (bicyclic) bond motifs is 1. The Labute approximate surface area is 119 Å².